The molecule has 0 saturated carbocycles. The number of hydrogen-bond acceptors (Lipinski definition) is 5. The molecule has 0 bridgehead atoms. The van der Waals surface area contributed by atoms with Gasteiger partial charge in [-0.3, -0.25) is 14.7 Å². The number of H-pyrrole nitrogens is 1. The van der Waals surface area contributed by atoms with Gasteiger partial charge in [0.15, 0.2) is 0 Å². The number of aliphatic hydroxyl groups is 1. The number of nitrogens with one attached hydrogen (secondary N) is 1. The van der Waals surface area contributed by atoms with Gasteiger partial charge in [0.2, 0.25) is 0 Å². The number of aromatic amines is 1. The van der Waals surface area contributed by atoms with Crippen LogP contribution in [0.15, 0.2) is 36.7 Å². The third-order valence-electron chi connectivity index (χ3n) is 4.72. The van der Waals surface area contributed by atoms with Crippen LogP contribution in [0, 0.1) is 0 Å². The second-order valence-electron chi connectivity index (χ2n) is 6.54. The van der Waals surface area contributed by atoms with E-state index in [1.54, 1.807) is 6.20 Å². The Morgan fingerprint density at radius 2 is 2.24 bits per heavy atom. The number of likely N-dealkylation sites (tertiary alicyclic amines) is 1. The summed E-state index contributed by atoms with van der Waals surface area (Å²) >= 11 is 1.83. The Morgan fingerprint density at radius 1 is 1.28 bits per heavy atom. The summed E-state index contributed by atoms with van der Waals surface area (Å²) in [5, 5.41) is 20.7. The van der Waals surface area contributed by atoms with Gasteiger partial charge in [0.25, 0.3) is 0 Å². The molecule has 4 heterocycles. The lowest BCUT2D eigenvalue weighted by molar-refractivity contribution is 0.199. The zero-order valence-corrected chi connectivity index (χ0v) is 15.0. The molecule has 0 spiro atoms. The molecule has 3 aromatic heterocycles. The summed E-state index contributed by atoms with van der Waals surface area (Å²) < 4.78 is 1.84. The quantitative estimate of drug-likeness (QED) is 0.712. The molecule has 25 heavy (non-hydrogen) atoms. The summed E-state index contributed by atoms with van der Waals surface area (Å²) in [7, 11) is 0. The van der Waals surface area contributed by atoms with Gasteiger partial charge in [-0.15, -0.1) is 11.3 Å². The Kier molecular flexibility index (Phi) is 4.96. The third-order valence-corrected chi connectivity index (χ3v) is 5.82. The summed E-state index contributed by atoms with van der Waals surface area (Å²) in [4.78, 5) is 5.15. The lowest BCUT2D eigenvalue weighted by Gasteiger charge is -2.31. The molecule has 1 fully saturated rings. The van der Waals surface area contributed by atoms with Crippen LogP contribution in [0.4, 0.5) is 0 Å². The second-order valence-corrected chi connectivity index (χ2v) is 7.71. The van der Waals surface area contributed by atoms with Gasteiger partial charge in [0.1, 0.15) is 0 Å². The zero-order valence-electron chi connectivity index (χ0n) is 14.1. The normalized spacial score (nSPS) is 18.7. The molecule has 1 atom stereocenters. The maximum atomic E-state index is 9.04. The van der Waals surface area contributed by atoms with E-state index in [1.165, 1.54) is 22.6 Å². The van der Waals surface area contributed by atoms with Crippen molar-refractivity contribution in [1.29, 1.82) is 0 Å². The highest BCUT2D eigenvalue weighted by Crippen LogP contribution is 2.30. The lowest BCUT2D eigenvalue weighted by atomic mass is 9.95. The number of aromatic nitrogens is 4. The number of nitrogens with zero attached hydrogens (tertiary/aromatic N) is 4. The molecule has 6 nitrogen and oxygen atoms in total. The van der Waals surface area contributed by atoms with Gasteiger partial charge in [0, 0.05) is 36.3 Å². The molecular formula is C18H23N5OS. The van der Waals surface area contributed by atoms with Crippen molar-refractivity contribution in [2.45, 2.75) is 31.8 Å². The highest BCUT2D eigenvalue weighted by atomic mass is 32.1. The fourth-order valence-corrected chi connectivity index (χ4v) is 4.51. The first kappa shape index (κ1) is 16.5. The smallest absolute Gasteiger partial charge is 0.0749 e. The minimum absolute atomic E-state index is 0.134. The fourth-order valence-electron chi connectivity index (χ4n) is 3.48. The molecule has 0 aliphatic carbocycles. The molecule has 1 aliphatic rings. The van der Waals surface area contributed by atoms with Crippen molar-refractivity contribution in [2.75, 3.05) is 19.7 Å². The van der Waals surface area contributed by atoms with Crippen LogP contribution in [-0.4, -0.2) is 49.7 Å². The molecule has 0 amide bonds. The van der Waals surface area contributed by atoms with E-state index < -0.39 is 0 Å². The van der Waals surface area contributed by atoms with Crippen molar-refractivity contribution in [3.05, 3.63) is 47.2 Å². The van der Waals surface area contributed by atoms with Crippen molar-refractivity contribution < 1.29 is 5.11 Å². The van der Waals surface area contributed by atoms with Gasteiger partial charge in [-0.2, -0.15) is 10.2 Å². The third kappa shape index (κ3) is 3.84. The Balaban J connectivity index is 1.39. The van der Waals surface area contributed by atoms with E-state index in [4.69, 9.17) is 5.11 Å². The predicted molar refractivity (Wildman–Crippen MR) is 98.5 cm³/mol. The molecule has 0 aromatic carbocycles. The van der Waals surface area contributed by atoms with Crippen molar-refractivity contribution >= 4 is 11.3 Å². The van der Waals surface area contributed by atoms with Crippen LogP contribution in [0.5, 0.6) is 0 Å². The standard InChI is InChI=1S/C18H23N5OS/c24-11-10-23-9-6-16(21-23)14-2-1-8-22(12-14)13-15-3-4-18(25-15)17-5-7-19-20-17/h3-7,9,14,24H,1-2,8,10-13H2,(H,19,20). The van der Waals surface area contributed by atoms with Crippen molar-refractivity contribution in [1.82, 2.24) is 24.9 Å². The summed E-state index contributed by atoms with van der Waals surface area (Å²) in [6, 6.07) is 8.51. The van der Waals surface area contributed by atoms with Crippen LogP contribution in [0.3, 0.4) is 0 Å². The minimum Gasteiger partial charge on any atom is -0.394 e. The van der Waals surface area contributed by atoms with E-state index in [9.17, 15) is 0 Å². The zero-order chi connectivity index (χ0) is 17.1. The van der Waals surface area contributed by atoms with E-state index in [0.29, 0.717) is 12.5 Å². The van der Waals surface area contributed by atoms with E-state index in [2.05, 4.69) is 38.4 Å². The Hall–Kier alpha value is -1.96. The maximum Gasteiger partial charge on any atom is 0.0749 e. The van der Waals surface area contributed by atoms with E-state index in [1.807, 2.05) is 28.3 Å². The molecule has 3 aromatic rings. The Bertz CT molecular complexity index is 794. The van der Waals surface area contributed by atoms with Crippen LogP contribution in [-0.2, 0) is 13.1 Å². The van der Waals surface area contributed by atoms with Crippen LogP contribution >= 0.6 is 11.3 Å². The molecule has 1 saturated heterocycles. The van der Waals surface area contributed by atoms with Gasteiger partial charge in [-0.05, 0) is 43.7 Å². The average Bonchev–Trinajstić information content (AvgIpc) is 3.37. The molecule has 1 aliphatic heterocycles. The van der Waals surface area contributed by atoms with Crippen molar-refractivity contribution in [3.63, 3.8) is 0 Å². The second kappa shape index (κ2) is 7.51. The van der Waals surface area contributed by atoms with Crippen molar-refractivity contribution in [3.8, 4) is 10.6 Å². The lowest BCUT2D eigenvalue weighted by Crippen LogP contribution is -2.33. The van der Waals surface area contributed by atoms with Crippen LogP contribution < -0.4 is 0 Å². The van der Waals surface area contributed by atoms with Gasteiger partial charge >= 0.3 is 0 Å². The molecule has 132 valence electrons. The maximum absolute atomic E-state index is 9.04. The first-order valence-electron chi connectivity index (χ1n) is 8.77. The fraction of sp³-hybridized carbons (Fsp3) is 0.444. The SMILES string of the molecule is OCCn1ccc(C2CCCN(Cc3ccc(-c4ccn[nH]4)s3)C2)n1. The van der Waals surface area contributed by atoms with Crippen LogP contribution in [0.1, 0.15) is 29.3 Å². The van der Waals surface area contributed by atoms with E-state index >= 15 is 0 Å². The molecule has 2 N–H and O–H groups in total. The Morgan fingerprint density at radius 3 is 3.08 bits per heavy atom. The monoisotopic (exact) mass is 357 g/mol. The molecule has 7 heteroatoms. The van der Waals surface area contributed by atoms with Gasteiger partial charge in [0.05, 0.1) is 29.4 Å². The van der Waals surface area contributed by atoms with Gasteiger partial charge in [-0.25, -0.2) is 0 Å². The van der Waals surface area contributed by atoms with Crippen LogP contribution in [0.2, 0.25) is 0 Å². The first-order chi connectivity index (χ1) is 12.3. The Labute approximate surface area is 151 Å². The van der Waals surface area contributed by atoms with Crippen molar-refractivity contribution in [2.24, 2.45) is 0 Å². The first-order valence-corrected chi connectivity index (χ1v) is 9.58. The highest BCUT2D eigenvalue weighted by Gasteiger charge is 2.23. The van der Waals surface area contributed by atoms with E-state index in [0.717, 1.165) is 31.0 Å². The molecule has 4 rings (SSSR count). The number of piperidine rings is 1. The number of thiophene rings is 1. The summed E-state index contributed by atoms with van der Waals surface area (Å²) in [5.74, 6) is 0.487. The number of rotatable bonds is 6. The van der Waals surface area contributed by atoms with Crippen LogP contribution in [0.25, 0.3) is 10.6 Å². The molecule has 1 unspecified atom stereocenters. The number of hydrogen-bond donors (Lipinski definition) is 2. The number of aliphatic hydroxyl groups excluding tert-OH is 1. The topological polar surface area (TPSA) is 70.0 Å². The molecule has 0 radical (unpaired) electrons. The average molecular weight is 357 g/mol. The summed E-state index contributed by atoms with van der Waals surface area (Å²) in [6.07, 6.45) is 6.16. The minimum atomic E-state index is 0.134. The summed E-state index contributed by atoms with van der Waals surface area (Å²) in [5.41, 5.74) is 2.24. The van der Waals surface area contributed by atoms with Gasteiger partial charge < -0.3 is 5.11 Å². The molecular weight excluding hydrogens is 334 g/mol. The van der Waals surface area contributed by atoms with E-state index in [-0.39, 0.29) is 6.61 Å². The summed E-state index contributed by atoms with van der Waals surface area (Å²) in [6.45, 7) is 3.89. The van der Waals surface area contributed by atoms with Gasteiger partial charge in [-0.1, -0.05) is 0 Å². The largest absolute Gasteiger partial charge is 0.394 e. The highest BCUT2D eigenvalue weighted by molar-refractivity contribution is 7.15. The predicted octanol–water partition coefficient (Wildman–Crippen LogP) is 2.71.